The number of carbonyl (C=O) groups excluding carboxylic acids is 3. The van der Waals surface area contributed by atoms with Crippen LogP contribution in [-0.4, -0.2) is 65.1 Å². The second kappa shape index (κ2) is 11.1. The normalized spacial score (nSPS) is 25.1. The summed E-state index contributed by atoms with van der Waals surface area (Å²) in [5.41, 5.74) is 12.2. The molecule has 180 valence electrons. The fraction of sp³-hybridized carbons (Fsp3) is 0.545. The van der Waals surface area contributed by atoms with E-state index in [1.54, 1.807) is 24.3 Å². The fourth-order valence-corrected chi connectivity index (χ4v) is 4.36. The summed E-state index contributed by atoms with van der Waals surface area (Å²) in [7, 11) is 0. The number of aliphatic hydroxyl groups excluding tert-OH is 1. The van der Waals surface area contributed by atoms with Gasteiger partial charge in [0, 0.05) is 29.8 Å². The van der Waals surface area contributed by atoms with E-state index >= 15 is 0 Å². The van der Waals surface area contributed by atoms with Gasteiger partial charge in [-0.05, 0) is 50.3 Å². The zero-order valence-electron chi connectivity index (χ0n) is 18.5. The van der Waals surface area contributed by atoms with Crippen LogP contribution >= 0.6 is 0 Å². The predicted octanol–water partition coefficient (Wildman–Crippen LogP) is -0.335. The summed E-state index contributed by atoms with van der Waals surface area (Å²) in [4.78, 5) is 38.6. The van der Waals surface area contributed by atoms with Gasteiger partial charge in [-0.15, -0.1) is 0 Å². The molecule has 1 unspecified atom stereocenters. The lowest BCUT2D eigenvalue weighted by Crippen LogP contribution is -2.59. The van der Waals surface area contributed by atoms with E-state index < -0.39 is 24.1 Å². The number of nitrogens with zero attached hydrogens (tertiary/aromatic N) is 1. The molecule has 1 heterocycles. The molecule has 1 aromatic rings. The van der Waals surface area contributed by atoms with Crippen LogP contribution in [0.15, 0.2) is 24.3 Å². The van der Waals surface area contributed by atoms with Crippen molar-refractivity contribution in [1.82, 2.24) is 15.5 Å². The van der Waals surface area contributed by atoms with Gasteiger partial charge in [0.1, 0.15) is 6.23 Å². The highest BCUT2D eigenvalue weighted by Gasteiger charge is 2.31. The maximum atomic E-state index is 12.5. The predicted molar refractivity (Wildman–Crippen MR) is 123 cm³/mol. The monoisotopic (exact) mass is 459 g/mol. The molecule has 0 spiro atoms. The number of aliphatic hydroxyl groups is 1. The van der Waals surface area contributed by atoms with Crippen molar-refractivity contribution in [2.75, 3.05) is 18.4 Å². The largest absolute Gasteiger partial charge is 0.371 e. The third-order valence-electron chi connectivity index (χ3n) is 6.14. The van der Waals surface area contributed by atoms with Gasteiger partial charge in [0.2, 0.25) is 11.8 Å². The molecule has 1 saturated carbocycles. The second-order valence-electron chi connectivity index (χ2n) is 8.68. The molecule has 0 aromatic heterocycles. The van der Waals surface area contributed by atoms with Crippen LogP contribution in [0.5, 0.6) is 0 Å². The van der Waals surface area contributed by atoms with Crippen LogP contribution in [0.3, 0.4) is 0 Å². The van der Waals surface area contributed by atoms with E-state index in [-0.39, 0.29) is 30.4 Å². The number of piperidine rings is 1. The first-order chi connectivity index (χ1) is 15.7. The minimum Gasteiger partial charge on any atom is -0.371 e. The highest BCUT2D eigenvalue weighted by Crippen LogP contribution is 2.24. The van der Waals surface area contributed by atoms with Crippen molar-refractivity contribution < 1.29 is 19.5 Å². The number of hydrogen-bond acceptors (Lipinski definition) is 6. The number of likely N-dealkylation sites (tertiary alicyclic amines) is 1. The van der Waals surface area contributed by atoms with E-state index in [0.717, 1.165) is 19.3 Å². The zero-order valence-corrected chi connectivity index (χ0v) is 18.5. The first-order valence-corrected chi connectivity index (χ1v) is 11.3. The highest BCUT2D eigenvalue weighted by atomic mass is 16.3. The van der Waals surface area contributed by atoms with E-state index in [1.807, 2.05) is 0 Å². The molecule has 0 bridgehead atoms. The number of rotatable bonds is 6. The summed E-state index contributed by atoms with van der Waals surface area (Å²) in [6.45, 7) is 0.165. The van der Waals surface area contributed by atoms with E-state index in [0.29, 0.717) is 37.1 Å². The lowest BCUT2D eigenvalue weighted by atomic mass is 9.85. The molecule has 11 heteroatoms. The summed E-state index contributed by atoms with van der Waals surface area (Å²) in [6, 6.07) is 5.97. The SMILES string of the molecule is N=C(N)N1CCC[C@H](NC(=O)CNC(=O)c2cccc(NC(=O)[C@@H]3CCC[C@@H](N)C3)c2)C1O. The van der Waals surface area contributed by atoms with E-state index in [1.165, 1.54) is 4.90 Å². The van der Waals surface area contributed by atoms with Crippen molar-refractivity contribution >= 4 is 29.4 Å². The molecule has 2 fully saturated rings. The standard InChI is InChI=1S/C22H33N7O4/c23-15-6-1-4-13(10-15)20(32)27-16-7-2-5-14(11-16)19(31)26-12-18(30)28-17-8-3-9-29(21(17)33)22(24)25/h2,5,7,11,13,15,17,21,33H,1,3-4,6,8-10,12,23H2,(H3,24,25)(H,26,31)(H,27,32)(H,28,30)/t13-,15-,17+,21?/m1/s1. The average Bonchev–Trinajstić information content (AvgIpc) is 2.79. The van der Waals surface area contributed by atoms with E-state index in [2.05, 4.69) is 16.0 Å². The van der Waals surface area contributed by atoms with Crippen molar-refractivity contribution in [1.29, 1.82) is 5.41 Å². The second-order valence-corrected chi connectivity index (χ2v) is 8.68. The molecule has 3 amide bonds. The molecule has 1 saturated heterocycles. The highest BCUT2D eigenvalue weighted by molar-refractivity contribution is 5.99. The van der Waals surface area contributed by atoms with Gasteiger partial charge >= 0.3 is 0 Å². The Morgan fingerprint density at radius 3 is 2.70 bits per heavy atom. The van der Waals surface area contributed by atoms with Crippen LogP contribution < -0.4 is 27.4 Å². The Hall–Kier alpha value is -3.18. The summed E-state index contributed by atoms with van der Waals surface area (Å²) in [5, 5.41) is 25.8. The maximum absolute atomic E-state index is 12.5. The Morgan fingerprint density at radius 2 is 1.97 bits per heavy atom. The molecule has 9 N–H and O–H groups in total. The number of carbonyl (C=O) groups is 3. The van der Waals surface area contributed by atoms with Gasteiger partial charge in [0.25, 0.3) is 5.91 Å². The van der Waals surface area contributed by atoms with E-state index in [9.17, 15) is 19.5 Å². The summed E-state index contributed by atoms with van der Waals surface area (Å²) >= 11 is 0. The molecular formula is C22H33N7O4. The van der Waals surface area contributed by atoms with Crippen molar-refractivity contribution in [3.8, 4) is 0 Å². The van der Waals surface area contributed by atoms with Gasteiger partial charge in [0.05, 0.1) is 12.6 Å². The lowest BCUT2D eigenvalue weighted by Gasteiger charge is -2.38. The number of benzene rings is 1. The number of guanidine groups is 1. The minimum atomic E-state index is -1.09. The number of nitrogens with one attached hydrogen (secondary N) is 4. The molecule has 1 aliphatic heterocycles. The lowest BCUT2D eigenvalue weighted by molar-refractivity contribution is -0.123. The van der Waals surface area contributed by atoms with Gasteiger partial charge in [0.15, 0.2) is 5.96 Å². The molecule has 4 atom stereocenters. The topological polar surface area (TPSA) is 187 Å². The number of amides is 3. The first-order valence-electron chi connectivity index (χ1n) is 11.3. The van der Waals surface area contributed by atoms with Crippen molar-refractivity contribution in [3.05, 3.63) is 29.8 Å². The van der Waals surface area contributed by atoms with Crippen molar-refractivity contribution in [3.63, 3.8) is 0 Å². The summed E-state index contributed by atoms with van der Waals surface area (Å²) in [5.74, 6) is -1.42. The number of anilines is 1. The van der Waals surface area contributed by atoms with Gasteiger partial charge in [-0.3, -0.25) is 19.8 Å². The van der Waals surface area contributed by atoms with Gasteiger partial charge in [-0.25, -0.2) is 0 Å². The van der Waals surface area contributed by atoms with E-state index in [4.69, 9.17) is 16.9 Å². The maximum Gasteiger partial charge on any atom is 0.251 e. The Balaban J connectivity index is 1.49. The Bertz CT molecular complexity index is 893. The first kappa shape index (κ1) is 24.5. The molecule has 1 aliphatic carbocycles. The Morgan fingerprint density at radius 1 is 1.18 bits per heavy atom. The van der Waals surface area contributed by atoms with Crippen LogP contribution in [0.4, 0.5) is 5.69 Å². The van der Waals surface area contributed by atoms with Gasteiger partial charge < -0.3 is 37.4 Å². The van der Waals surface area contributed by atoms with Crippen LogP contribution in [0.1, 0.15) is 48.9 Å². The number of hydrogen-bond donors (Lipinski definition) is 7. The van der Waals surface area contributed by atoms with Gasteiger partial charge in [-0.1, -0.05) is 12.5 Å². The fourth-order valence-electron chi connectivity index (χ4n) is 4.36. The Kier molecular flexibility index (Phi) is 8.23. The third-order valence-corrected chi connectivity index (χ3v) is 6.14. The summed E-state index contributed by atoms with van der Waals surface area (Å²) in [6.07, 6.45) is 3.43. The van der Waals surface area contributed by atoms with Gasteiger partial charge in [-0.2, -0.15) is 0 Å². The van der Waals surface area contributed by atoms with Crippen molar-refractivity contribution in [2.24, 2.45) is 17.4 Å². The quantitative estimate of drug-likeness (QED) is 0.224. The molecule has 11 nitrogen and oxygen atoms in total. The van der Waals surface area contributed by atoms with Crippen LogP contribution in [0.2, 0.25) is 0 Å². The zero-order chi connectivity index (χ0) is 24.0. The van der Waals surface area contributed by atoms with Crippen molar-refractivity contribution in [2.45, 2.75) is 56.8 Å². The molecule has 2 aliphatic rings. The molecular weight excluding hydrogens is 426 g/mol. The average molecular weight is 460 g/mol. The van der Waals surface area contributed by atoms with Crippen LogP contribution in [0, 0.1) is 11.3 Å². The molecule has 1 aromatic carbocycles. The summed E-state index contributed by atoms with van der Waals surface area (Å²) < 4.78 is 0. The minimum absolute atomic E-state index is 0.0398. The molecule has 0 radical (unpaired) electrons. The Labute approximate surface area is 192 Å². The molecule has 33 heavy (non-hydrogen) atoms. The number of nitrogens with two attached hydrogens (primary N) is 2. The molecule has 3 rings (SSSR count). The smallest absolute Gasteiger partial charge is 0.251 e. The van der Waals surface area contributed by atoms with Crippen LogP contribution in [0.25, 0.3) is 0 Å². The van der Waals surface area contributed by atoms with Crippen LogP contribution in [-0.2, 0) is 9.59 Å². The third kappa shape index (κ3) is 6.65.